The van der Waals surface area contributed by atoms with Crippen LogP contribution < -0.4 is 5.09 Å². The van der Waals surface area contributed by atoms with Gasteiger partial charge in [-0.25, -0.2) is 0 Å². The highest BCUT2D eigenvalue weighted by Crippen LogP contribution is 2.38. The summed E-state index contributed by atoms with van der Waals surface area (Å²) in [6.45, 7) is 6.19. The maximum atomic E-state index is 11.9. The first-order valence-electron chi connectivity index (χ1n) is 7.29. The fourth-order valence-corrected chi connectivity index (χ4v) is 3.86. The molecule has 0 radical (unpaired) electrons. The summed E-state index contributed by atoms with van der Waals surface area (Å²) in [6, 6.07) is 10.2. The number of carbonyl (C=O) groups is 1. The van der Waals surface area contributed by atoms with Crippen molar-refractivity contribution in [3.63, 3.8) is 0 Å². The van der Waals surface area contributed by atoms with E-state index in [0.717, 1.165) is 19.0 Å². The van der Waals surface area contributed by atoms with Gasteiger partial charge in [-0.1, -0.05) is 62.3 Å². The summed E-state index contributed by atoms with van der Waals surface area (Å²) in [5, 5.41) is 3.35. The van der Waals surface area contributed by atoms with Crippen LogP contribution in [0, 0.1) is 5.92 Å². The molecule has 0 amide bonds. The lowest BCUT2D eigenvalue weighted by Gasteiger charge is -2.22. The van der Waals surface area contributed by atoms with Gasteiger partial charge in [-0.2, -0.15) is 0 Å². The van der Waals surface area contributed by atoms with Gasteiger partial charge in [-0.3, -0.25) is 9.88 Å². The van der Waals surface area contributed by atoms with Crippen LogP contribution in [0.1, 0.15) is 39.2 Å². The largest absolute Gasteiger partial charge is 0.298 e. The zero-order valence-corrected chi connectivity index (χ0v) is 14.3. The lowest BCUT2D eigenvalue weighted by Crippen LogP contribution is -2.34. The van der Waals surface area contributed by atoms with Gasteiger partial charge in [-0.05, 0) is 30.5 Å². The Bertz CT molecular complexity index is 397. The van der Waals surface area contributed by atoms with Gasteiger partial charge in [0.1, 0.15) is 5.78 Å². The number of nitrogens with one attached hydrogen (secondary N) is 1. The monoisotopic (exact) mass is 313 g/mol. The van der Waals surface area contributed by atoms with E-state index in [2.05, 4.69) is 31.1 Å². The van der Waals surface area contributed by atoms with E-state index < -0.39 is 7.43 Å². The summed E-state index contributed by atoms with van der Waals surface area (Å²) in [6.07, 6.45) is 3.29. The van der Waals surface area contributed by atoms with Crippen molar-refractivity contribution in [2.24, 2.45) is 5.92 Å². The molecule has 0 aliphatic rings. The van der Waals surface area contributed by atoms with Gasteiger partial charge in [0.2, 0.25) is 0 Å². The SMILES string of the molecule is CCC(=O)[C@H](CC(C)C)NP(Cl)CCc1ccccc1. The summed E-state index contributed by atoms with van der Waals surface area (Å²) in [5.74, 6) is 0.767. The Morgan fingerprint density at radius 3 is 2.50 bits per heavy atom. The predicted octanol–water partition coefficient (Wildman–Crippen LogP) is 4.76. The van der Waals surface area contributed by atoms with E-state index >= 15 is 0 Å². The molecule has 1 rings (SSSR count). The van der Waals surface area contributed by atoms with E-state index in [1.165, 1.54) is 5.56 Å². The van der Waals surface area contributed by atoms with Crippen molar-refractivity contribution < 1.29 is 4.79 Å². The van der Waals surface area contributed by atoms with Crippen LogP contribution >= 0.6 is 18.7 Å². The van der Waals surface area contributed by atoms with Crippen molar-refractivity contribution in [3.05, 3.63) is 35.9 Å². The Labute approximate surface area is 128 Å². The first kappa shape index (κ1) is 17.6. The first-order valence-corrected chi connectivity index (χ1v) is 9.72. The number of halogens is 1. The molecule has 0 aliphatic carbocycles. The molecule has 0 saturated carbocycles. The van der Waals surface area contributed by atoms with Crippen LogP contribution in [0.15, 0.2) is 30.3 Å². The van der Waals surface area contributed by atoms with Crippen molar-refractivity contribution in [1.29, 1.82) is 0 Å². The Hall–Kier alpha value is -0.430. The number of hydrogen-bond donors (Lipinski definition) is 1. The predicted molar refractivity (Wildman–Crippen MR) is 89.5 cm³/mol. The second-order valence-corrected chi connectivity index (χ2v) is 8.11. The summed E-state index contributed by atoms with van der Waals surface area (Å²) < 4.78 is 0. The van der Waals surface area contributed by atoms with E-state index in [-0.39, 0.29) is 11.8 Å². The van der Waals surface area contributed by atoms with Crippen LogP contribution in [0.5, 0.6) is 0 Å². The van der Waals surface area contributed by atoms with E-state index in [9.17, 15) is 4.79 Å². The fourth-order valence-electron chi connectivity index (χ4n) is 2.08. The minimum atomic E-state index is -0.811. The van der Waals surface area contributed by atoms with Crippen LogP contribution in [0.25, 0.3) is 0 Å². The van der Waals surface area contributed by atoms with Gasteiger partial charge in [-0.15, -0.1) is 0 Å². The van der Waals surface area contributed by atoms with E-state index in [4.69, 9.17) is 11.2 Å². The first-order chi connectivity index (χ1) is 9.52. The maximum Gasteiger partial charge on any atom is 0.149 e. The zero-order valence-electron chi connectivity index (χ0n) is 12.6. The minimum absolute atomic E-state index is 0.0839. The van der Waals surface area contributed by atoms with Gasteiger partial charge in [0.05, 0.1) is 13.5 Å². The van der Waals surface area contributed by atoms with Crippen molar-refractivity contribution >= 4 is 24.4 Å². The summed E-state index contributed by atoms with van der Waals surface area (Å²) >= 11 is 6.41. The molecule has 0 aromatic heterocycles. The second kappa shape index (κ2) is 9.50. The van der Waals surface area contributed by atoms with Gasteiger partial charge in [0.25, 0.3) is 0 Å². The Morgan fingerprint density at radius 1 is 1.30 bits per heavy atom. The standard InChI is InChI=1S/C16H25ClNOP/c1-4-16(19)15(12-13(2)3)18-20(17)11-10-14-8-6-5-7-9-14/h5-9,13,15,18H,4,10-12H2,1-3H3/t15-,20?/m0/s1. The highest BCUT2D eigenvalue weighted by molar-refractivity contribution is 7.82. The third-order valence-corrected chi connectivity index (χ3v) is 5.19. The average molecular weight is 314 g/mol. The zero-order chi connectivity index (χ0) is 15.0. The molecule has 1 N–H and O–H groups in total. The number of hydrogen-bond acceptors (Lipinski definition) is 2. The highest BCUT2D eigenvalue weighted by atomic mass is 35.7. The van der Waals surface area contributed by atoms with Crippen LogP contribution in [0.2, 0.25) is 0 Å². The molecule has 1 aromatic rings. The molecule has 112 valence electrons. The average Bonchev–Trinajstić information content (AvgIpc) is 2.44. The smallest absolute Gasteiger partial charge is 0.149 e. The lowest BCUT2D eigenvalue weighted by atomic mass is 10.0. The normalized spacial score (nSPS) is 14.2. The van der Waals surface area contributed by atoms with Crippen molar-refractivity contribution in [2.45, 2.75) is 46.1 Å². The number of aryl methyl sites for hydroxylation is 1. The number of Topliss-reactive ketones (excluding diaryl/α,β-unsaturated/α-hetero) is 1. The maximum absolute atomic E-state index is 11.9. The van der Waals surface area contributed by atoms with Gasteiger partial charge in [0, 0.05) is 6.42 Å². The lowest BCUT2D eigenvalue weighted by molar-refractivity contribution is -0.120. The molecular weight excluding hydrogens is 289 g/mol. The van der Waals surface area contributed by atoms with Crippen LogP contribution in [-0.4, -0.2) is 18.0 Å². The number of benzene rings is 1. The molecule has 1 aromatic carbocycles. The van der Waals surface area contributed by atoms with Crippen LogP contribution in [0.4, 0.5) is 0 Å². The summed E-state index contributed by atoms with van der Waals surface area (Å²) in [5.41, 5.74) is 1.30. The molecule has 0 saturated heterocycles. The Balaban J connectivity index is 2.45. The Morgan fingerprint density at radius 2 is 1.95 bits per heavy atom. The number of carbonyl (C=O) groups excluding carboxylic acids is 1. The molecule has 0 heterocycles. The van der Waals surface area contributed by atoms with Gasteiger partial charge < -0.3 is 0 Å². The summed E-state index contributed by atoms with van der Waals surface area (Å²) in [7, 11) is -0.811. The molecule has 1 unspecified atom stereocenters. The molecule has 4 heteroatoms. The molecular formula is C16H25ClNOP. The Kier molecular flexibility index (Phi) is 8.37. The molecule has 0 fully saturated rings. The fraction of sp³-hybridized carbons (Fsp3) is 0.562. The molecule has 0 aliphatic heterocycles. The van der Waals surface area contributed by atoms with E-state index in [1.54, 1.807) is 0 Å². The third-order valence-electron chi connectivity index (χ3n) is 3.18. The molecule has 0 bridgehead atoms. The summed E-state index contributed by atoms with van der Waals surface area (Å²) in [4.78, 5) is 11.9. The highest BCUT2D eigenvalue weighted by Gasteiger charge is 2.20. The van der Waals surface area contributed by atoms with E-state index in [0.29, 0.717) is 12.3 Å². The molecule has 20 heavy (non-hydrogen) atoms. The van der Waals surface area contributed by atoms with Crippen molar-refractivity contribution in [1.82, 2.24) is 5.09 Å². The van der Waals surface area contributed by atoms with Crippen LogP contribution in [-0.2, 0) is 11.2 Å². The van der Waals surface area contributed by atoms with Crippen molar-refractivity contribution in [2.75, 3.05) is 6.16 Å². The number of ketones is 1. The quantitative estimate of drug-likeness (QED) is 0.666. The molecule has 0 spiro atoms. The second-order valence-electron chi connectivity index (χ2n) is 5.45. The minimum Gasteiger partial charge on any atom is -0.298 e. The van der Waals surface area contributed by atoms with Crippen molar-refractivity contribution in [3.8, 4) is 0 Å². The molecule has 2 atom stereocenters. The third kappa shape index (κ3) is 6.83. The topological polar surface area (TPSA) is 29.1 Å². The molecule has 2 nitrogen and oxygen atoms in total. The van der Waals surface area contributed by atoms with Gasteiger partial charge >= 0.3 is 0 Å². The van der Waals surface area contributed by atoms with Crippen LogP contribution in [0.3, 0.4) is 0 Å². The van der Waals surface area contributed by atoms with Gasteiger partial charge in [0.15, 0.2) is 0 Å². The number of rotatable bonds is 9. The van der Waals surface area contributed by atoms with E-state index in [1.807, 2.05) is 25.1 Å².